The number of rotatable bonds is 5. The summed E-state index contributed by atoms with van der Waals surface area (Å²) in [4.78, 5) is 42.6. The van der Waals surface area contributed by atoms with Gasteiger partial charge in [0.2, 0.25) is 0 Å². The molecule has 6 rings (SSSR count). The maximum Gasteiger partial charge on any atom is 0.412 e. The number of carbonyl (C=O) groups is 3. The minimum Gasteiger partial charge on any atom is -0.371 e. The second-order valence-corrected chi connectivity index (χ2v) is 8.83. The average molecular weight is 441 g/mol. The van der Waals surface area contributed by atoms with E-state index in [2.05, 4.69) is 21.7 Å². The second kappa shape index (κ2) is 8.09. The third-order valence-corrected chi connectivity index (χ3v) is 6.91. The summed E-state index contributed by atoms with van der Waals surface area (Å²) in [6.07, 6.45) is 1.93. The van der Waals surface area contributed by atoms with Crippen LogP contribution in [0.25, 0.3) is 10.9 Å². The minimum absolute atomic E-state index is 0.00605. The lowest BCUT2D eigenvalue weighted by Gasteiger charge is -2.44. The number of fused-ring (bicyclic) bond motifs is 4. The van der Waals surface area contributed by atoms with Crippen molar-refractivity contribution in [3.63, 3.8) is 0 Å². The van der Waals surface area contributed by atoms with Crippen molar-refractivity contribution in [2.45, 2.75) is 32.2 Å². The molecule has 2 N–H and O–H groups in total. The highest BCUT2D eigenvalue weighted by Crippen LogP contribution is 2.38. The number of hydrogen-bond donors (Lipinski definition) is 1. The summed E-state index contributed by atoms with van der Waals surface area (Å²) < 4.78 is 6.54. The van der Waals surface area contributed by atoms with Crippen LogP contribution in [0.5, 0.6) is 0 Å². The zero-order valence-corrected chi connectivity index (χ0v) is 18.2. The van der Waals surface area contributed by atoms with Crippen molar-refractivity contribution in [3.8, 4) is 0 Å². The van der Waals surface area contributed by atoms with Gasteiger partial charge in [0, 0.05) is 37.3 Å². The van der Waals surface area contributed by atoms with Crippen LogP contribution < -0.4 is 10.6 Å². The van der Waals surface area contributed by atoms with Gasteiger partial charge >= 0.3 is 18.1 Å². The molecule has 0 aliphatic carbocycles. The fraction of sp³-hybridized carbons (Fsp3) is 0.545. The van der Waals surface area contributed by atoms with Crippen molar-refractivity contribution in [3.05, 3.63) is 23.9 Å². The zero-order chi connectivity index (χ0) is 22.4. The Morgan fingerprint density at radius 3 is 2.62 bits per heavy atom. The smallest absolute Gasteiger partial charge is 0.371 e. The normalized spacial score (nSPS) is 25.0. The fourth-order valence-corrected chi connectivity index (χ4v) is 5.35. The molecule has 5 heterocycles. The van der Waals surface area contributed by atoms with Crippen LogP contribution in [0, 0.1) is 5.92 Å². The van der Waals surface area contributed by atoms with Gasteiger partial charge in [-0.3, -0.25) is 9.58 Å². The Kier molecular flexibility index (Phi) is 5.24. The Labute approximate surface area is 185 Å². The van der Waals surface area contributed by atoms with E-state index >= 15 is 0 Å². The molecule has 10 nitrogen and oxygen atoms in total. The third-order valence-electron chi connectivity index (χ3n) is 6.91. The summed E-state index contributed by atoms with van der Waals surface area (Å²) in [7, 11) is 0. The molecule has 2 bridgehead atoms. The first-order valence-electron chi connectivity index (χ1n) is 11.3. The number of primary amides is 1. The van der Waals surface area contributed by atoms with E-state index in [-0.39, 0.29) is 17.8 Å². The van der Waals surface area contributed by atoms with Crippen molar-refractivity contribution < 1.29 is 19.1 Å². The Hall–Kier alpha value is -3.14. The molecule has 4 aliphatic rings. The summed E-state index contributed by atoms with van der Waals surface area (Å²) in [6, 6.07) is 5.64. The Morgan fingerprint density at radius 1 is 1.19 bits per heavy atom. The number of urea groups is 1. The maximum absolute atomic E-state index is 12.9. The molecule has 0 saturated carbocycles. The molecule has 4 fully saturated rings. The van der Waals surface area contributed by atoms with Gasteiger partial charge in [0.05, 0.1) is 11.6 Å². The van der Waals surface area contributed by atoms with Crippen molar-refractivity contribution in [1.82, 2.24) is 19.6 Å². The third kappa shape index (κ3) is 3.48. The second-order valence-electron chi connectivity index (χ2n) is 8.83. The van der Waals surface area contributed by atoms with Gasteiger partial charge in [-0.15, -0.1) is 0 Å². The molecular weight excluding hydrogens is 412 g/mol. The Bertz CT molecular complexity index is 1070. The SMILES string of the molecule is CCCN1CCN(c2ccc3c(C(=O)OC(N)=O)nn([C@H]4CN5CCC4CC5)c3c2)C1=O. The fourth-order valence-electron chi connectivity index (χ4n) is 5.35. The first-order valence-corrected chi connectivity index (χ1v) is 11.3. The van der Waals surface area contributed by atoms with E-state index in [4.69, 9.17) is 5.73 Å². The Balaban J connectivity index is 1.56. The van der Waals surface area contributed by atoms with Crippen LogP contribution in [0.15, 0.2) is 18.2 Å². The number of amides is 3. The number of aromatic nitrogens is 2. The molecule has 1 atom stereocenters. The lowest BCUT2D eigenvalue weighted by atomic mass is 9.84. The minimum atomic E-state index is -1.16. The average Bonchev–Trinajstić information content (AvgIpc) is 3.35. The van der Waals surface area contributed by atoms with E-state index in [9.17, 15) is 14.4 Å². The molecule has 0 spiro atoms. The first kappa shape index (κ1) is 20.7. The summed E-state index contributed by atoms with van der Waals surface area (Å²) in [5.74, 6) is -0.387. The highest BCUT2D eigenvalue weighted by molar-refractivity contribution is 6.06. The van der Waals surface area contributed by atoms with Gasteiger partial charge in [0.25, 0.3) is 0 Å². The summed E-state index contributed by atoms with van der Waals surface area (Å²) >= 11 is 0. The molecule has 4 aliphatic heterocycles. The lowest BCUT2D eigenvalue weighted by Crippen LogP contribution is -2.48. The van der Waals surface area contributed by atoms with Crippen LogP contribution in [0.1, 0.15) is 42.7 Å². The number of piperidine rings is 3. The number of esters is 1. The molecule has 2 aromatic rings. The summed E-state index contributed by atoms with van der Waals surface area (Å²) in [5.41, 5.74) is 6.67. The van der Waals surface area contributed by atoms with Gasteiger partial charge in [-0.1, -0.05) is 6.92 Å². The van der Waals surface area contributed by atoms with Crippen molar-refractivity contribution >= 4 is 34.7 Å². The van der Waals surface area contributed by atoms with Crippen LogP contribution in [0.4, 0.5) is 15.3 Å². The van der Waals surface area contributed by atoms with Crippen LogP contribution in [-0.4, -0.2) is 76.9 Å². The predicted octanol–water partition coefficient (Wildman–Crippen LogP) is 2.19. The van der Waals surface area contributed by atoms with Crippen LogP contribution in [0.2, 0.25) is 0 Å². The number of anilines is 1. The molecule has 0 radical (unpaired) electrons. The van der Waals surface area contributed by atoms with Gasteiger partial charge in [-0.25, -0.2) is 14.4 Å². The molecule has 3 amide bonds. The van der Waals surface area contributed by atoms with Crippen molar-refractivity contribution in [2.75, 3.05) is 44.2 Å². The molecule has 170 valence electrons. The summed E-state index contributed by atoms with van der Waals surface area (Å²) in [6.45, 7) is 7.13. The van der Waals surface area contributed by atoms with E-state index in [0.29, 0.717) is 24.4 Å². The predicted molar refractivity (Wildman–Crippen MR) is 118 cm³/mol. The van der Waals surface area contributed by atoms with Gasteiger partial charge < -0.3 is 20.3 Å². The highest BCUT2D eigenvalue weighted by atomic mass is 16.6. The first-order chi connectivity index (χ1) is 15.5. The number of carbonyl (C=O) groups excluding carboxylic acids is 3. The van der Waals surface area contributed by atoms with Gasteiger partial charge in [-0.2, -0.15) is 5.10 Å². The van der Waals surface area contributed by atoms with E-state index < -0.39 is 12.1 Å². The van der Waals surface area contributed by atoms with Gasteiger partial charge in [-0.05, 0) is 56.5 Å². The molecule has 1 aromatic heterocycles. The number of nitrogens with zero attached hydrogens (tertiary/aromatic N) is 5. The molecular formula is C22H28N6O4. The number of hydrogen-bond acceptors (Lipinski definition) is 6. The topological polar surface area (TPSA) is 114 Å². The molecule has 4 saturated heterocycles. The highest BCUT2D eigenvalue weighted by Gasteiger charge is 2.38. The van der Waals surface area contributed by atoms with Crippen LogP contribution in [0.3, 0.4) is 0 Å². The zero-order valence-electron chi connectivity index (χ0n) is 18.2. The maximum atomic E-state index is 12.9. The van der Waals surface area contributed by atoms with Crippen LogP contribution in [-0.2, 0) is 4.74 Å². The standard InChI is InChI=1S/C22H28N6O4/c1-2-7-26-10-11-27(22(26)31)15-3-4-16-17(12-15)28(24-19(16)20(29)32-21(23)30)18-13-25-8-5-14(18)6-9-25/h3-4,12,14,18H,2,5-11,13H2,1H3,(H2,23,30)/t18-/m0/s1. The Morgan fingerprint density at radius 2 is 1.97 bits per heavy atom. The summed E-state index contributed by atoms with van der Waals surface area (Å²) in [5, 5.41) is 5.20. The van der Waals surface area contributed by atoms with E-state index in [1.54, 1.807) is 11.0 Å². The van der Waals surface area contributed by atoms with E-state index in [0.717, 1.165) is 56.6 Å². The number of nitrogens with two attached hydrogens (primary N) is 1. The largest absolute Gasteiger partial charge is 0.412 e. The molecule has 0 unspecified atom stereocenters. The van der Waals surface area contributed by atoms with E-state index in [1.807, 2.05) is 21.7 Å². The number of ether oxygens (including phenoxy) is 1. The van der Waals surface area contributed by atoms with Crippen LogP contribution >= 0.6 is 0 Å². The molecule has 1 aromatic carbocycles. The van der Waals surface area contributed by atoms with Gasteiger partial charge in [0.15, 0.2) is 5.69 Å². The monoisotopic (exact) mass is 440 g/mol. The van der Waals surface area contributed by atoms with Crippen molar-refractivity contribution in [1.29, 1.82) is 0 Å². The lowest BCUT2D eigenvalue weighted by molar-refractivity contribution is 0.0518. The molecule has 10 heteroatoms. The van der Waals surface area contributed by atoms with Crippen molar-refractivity contribution in [2.24, 2.45) is 11.7 Å². The van der Waals surface area contributed by atoms with Gasteiger partial charge in [0.1, 0.15) is 0 Å². The quantitative estimate of drug-likeness (QED) is 0.563. The number of benzene rings is 1. The van der Waals surface area contributed by atoms with E-state index in [1.165, 1.54) is 0 Å². The molecule has 32 heavy (non-hydrogen) atoms.